The lowest BCUT2D eigenvalue weighted by Crippen LogP contribution is -2.17. The van der Waals surface area contributed by atoms with Crippen LogP contribution < -0.4 is 0 Å². The van der Waals surface area contributed by atoms with E-state index < -0.39 is 0 Å². The zero-order chi connectivity index (χ0) is 11.5. The van der Waals surface area contributed by atoms with Crippen LogP contribution in [0.3, 0.4) is 0 Å². The fourth-order valence-corrected chi connectivity index (χ4v) is 1.50. The summed E-state index contributed by atoms with van der Waals surface area (Å²) in [5, 5.41) is 0. The van der Waals surface area contributed by atoms with Crippen molar-refractivity contribution < 1.29 is 4.74 Å². The number of benzene rings is 1. The second-order valence-corrected chi connectivity index (χ2v) is 4.80. The van der Waals surface area contributed by atoms with E-state index in [9.17, 15) is 0 Å². The van der Waals surface area contributed by atoms with Crippen LogP contribution in [-0.2, 0) is 4.74 Å². The molecule has 1 atom stereocenters. The molecule has 0 N–H and O–H groups in total. The van der Waals surface area contributed by atoms with Crippen molar-refractivity contribution in [3.05, 3.63) is 48.0 Å². The van der Waals surface area contributed by atoms with Gasteiger partial charge < -0.3 is 4.74 Å². The first-order valence-electron chi connectivity index (χ1n) is 5.24. The van der Waals surface area contributed by atoms with Crippen LogP contribution in [-0.4, -0.2) is 7.11 Å². The molecule has 0 saturated carbocycles. The Morgan fingerprint density at radius 2 is 1.73 bits per heavy atom. The predicted molar refractivity (Wildman–Crippen MR) is 64.8 cm³/mol. The number of methoxy groups -OCH3 is 1. The minimum Gasteiger partial charge on any atom is -0.372 e. The van der Waals surface area contributed by atoms with E-state index in [0.29, 0.717) is 0 Å². The summed E-state index contributed by atoms with van der Waals surface area (Å²) in [5.41, 5.74) is 2.34. The van der Waals surface area contributed by atoms with Crippen molar-refractivity contribution >= 4 is 0 Å². The lowest BCUT2D eigenvalue weighted by molar-refractivity contribution is 0.116. The largest absolute Gasteiger partial charge is 0.372 e. The Labute approximate surface area is 92.8 Å². The van der Waals surface area contributed by atoms with Crippen LogP contribution in [0.2, 0.25) is 0 Å². The molecule has 0 bridgehead atoms. The van der Waals surface area contributed by atoms with Crippen LogP contribution in [0.25, 0.3) is 0 Å². The van der Waals surface area contributed by atoms with Gasteiger partial charge in [-0.25, -0.2) is 0 Å². The van der Waals surface area contributed by atoms with Gasteiger partial charge in [0, 0.05) is 7.11 Å². The molecule has 82 valence electrons. The zero-order valence-corrected chi connectivity index (χ0v) is 10.1. The standard InChI is InChI=1S/C14H20O/c1-11(14(2,3)4)13(15-5)12-9-7-6-8-10-12/h6-10,13H,1H2,2-5H3/t13-/m0/s1. The molecule has 1 rings (SSSR count). The van der Waals surface area contributed by atoms with Gasteiger partial charge >= 0.3 is 0 Å². The average Bonchev–Trinajstić information content (AvgIpc) is 2.19. The van der Waals surface area contributed by atoms with Gasteiger partial charge in [-0.3, -0.25) is 0 Å². The summed E-state index contributed by atoms with van der Waals surface area (Å²) in [6.45, 7) is 10.6. The van der Waals surface area contributed by atoms with Gasteiger partial charge in [0.1, 0.15) is 6.10 Å². The molecule has 0 unspecified atom stereocenters. The third kappa shape index (κ3) is 2.93. The maximum Gasteiger partial charge on any atom is 0.103 e. The van der Waals surface area contributed by atoms with Gasteiger partial charge in [0.15, 0.2) is 0 Å². The summed E-state index contributed by atoms with van der Waals surface area (Å²) >= 11 is 0. The normalized spacial score (nSPS) is 13.6. The first-order chi connectivity index (χ1) is 6.96. The monoisotopic (exact) mass is 204 g/mol. The van der Waals surface area contributed by atoms with E-state index >= 15 is 0 Å². The van der Waals surface area contributed by atoms with E-state index in [1.807, 2.05) is 18.2 Å². The maximum atomic E-state index is 5.53. The molecular formula is C14H20O. The van der Waals surface area contributed by atoms with Crippen LogP contribution in [0.1, 0.15) is 32.4 Å². The predicted octanol–water partition coefficient (Wildman–Crippen LogP) is 3.98. The van der Waals surface area contributed by atoms with E-state index in [2.05, 4.69) is 39.5 Å². The molecular weight excluding hydrogens is 184 g/mol. The van der Waals surface area contributed by atoms with Crippen molar-refractivity contribution in [3.8, 4) is 0 Å². The van der Waals surface area contributed by atoms with Crippen molar-refractivity contribution in [2.24, 2.45) is 5.41 Å². The first-order valence-corrected chi connectivity index (χ1v) is 5.24. The zero-order valence-electron chi connectivity index (χ0n) is 10.1. The highest BCUT2D eigenvalue weighted by molar-refractivity contribution is 5.27. The van der Waals surface area contributed by atoms with Crippen molar-refractivity contribution in [2.75, 3.05) is 7.11 Å². The summed E-state index contributed by atoms with van der Waals surface area (Å²) in [5.74, 6) is 0. The van der Waals surface area contributed by atoms with E-state index in [0.717, 1.165) is 5.57 Å². The first kappa shape index (κ1) is 12.0. The van der Waals surface area contributed by atoms with Gasteiger partial charge in [-0.1, -0.05) is 57.7 Å². The smallest absolute Gasteiger partial charge is 0.103 e. The van der Waals surface area contributed by atoms with Crippen LogP contribution >= 0.6 is 0 Å². The fraction of sp³-hybridized carbons (Fsp3) is 0.429. The third-order valence-electron chi connectivity index (χ3n) is 2.62. The number of rotatable bonds is 3. The average molecular weight is 204 g/mol. The highest BCUT2D eigenvalue weighted by Crippen LogP contribution is 2.36. The van der Waals surface area contributed by atoms with Gasteiger partial charge in [-0.2, -0.15) is 0 Å². The summed E-state index contributed by atoms with van der Waals surface area (Å²) in [4.78, 5) is 0. The quantitative estimate of drug-likeness (QED) is 0.677. The van der Waals surface area contributed by atoms with E-state index in [1.54, 1.807) is 7.11 Å². The molecule has 0 aromatic heterocycles. The lowest BCUT2D eigenvalue weighted by Gasteiger charge is -2.28. The van der Waals surface area contributed by atoms with Crippen molar-refractivity contribution in [1.29, 1.82) is 0 Å². The molecule has 0 aliphatic carbocycles. The SMILES string of the molecule is C=C([C@H](OC)c1ccccc1)C(C)(C)C. The minimum atomic E-state index is -0.00815. The van der Waals surface area contributed by atoms with Crippen LogP contribution in [0, 0.1) is 5.41 Å². The Morgan fingerprint density at radius 3 is 2.13 bits per heavy atom. The highest BCUT2D eigenvalue weighted by atomic mass is 16.5. The maximum absolute atomic E-state index is 5.53. The van der Waals surface area contributed by atoms with E-state index in [4.69, 9.17) is 4.74 Å². The summed E-state index contributed by atoms with van der Waals surface area (Å²) in [6, 6.07) is 10.2. The number of hydrogen-bond donors (Lipinski definition) is 0. The molecule has 0 heterocycles. The molecule has 1 aromatic rings. The Bertz CT molecular complexity index is 319. The molecule has 0 aliphatic heterocycles. The Morgan fingerprint density at radius 1 is 1.20 bits per heavy atom. The van der Waals surface area contributed by atoms with Gasteiger partial charge in [0.2, 0.25) is 0 Å². The van der Waals surface area contributed by atoms with Crippen LogP contribution in [0.15, 0.2) is 42.5 Å². The van der Waals surface area contributed by atoms with Crippen LogP contribution in [0.4, 0.5) is 0 Å². The van der Waals surface area contributed by atoms with Crippen molar-refractivity contribution in [1.82, 2.24) is 0 Å². The fourth-order valence-electron chi connectivity index (χ4n) is 1.50. The van der Waals surface area contributed by atoms with E-state index in [-0.39, 0.29) is 11.5 Å². The lowest BCUT2D eigenvalue weighted by atomic mass is 9.82. The minimum absolute atomic E-state index is 0.00815. The molecule has 0 amide bonds. The van der Waals surface area contributed by atoms with Gasteiger partial charge in [-0.05, 0) is 16.6 Å². The third-order valence-corrected chi connectivity index (χ3v) is 2.62. The molecule has 1 nitrogen and oxygen atoms in total. The van der Waals surface area contributed by atoms with Crippen LogP contribution in [0.5, 0.6) is 0 Å². The highest BCUT2D eigenvalue weighted by Gasteiger charge is 2.24. The van der Waals surface area contributed by atoms with Crippen molar-refractivity contribution in [2.45, 2.75) is 26.9 Å². The van der Waals surface area contributed by atoms with Gasteiger partial charge in [0.25, 0.3) is 0 Å². The van der Waals surface area contributed by atoms with E-state index in [1.165, 1.54) is 5.56 Å². The van der Waals surface area contributed by atoms with Gasteiger partial charge in [0.05, 0.1) is 0 Å². The summed E-state index contributed by atoms with van der Waals surface area (Å²) in [6.07, 6.45) is -0.00815. The molecule has 0 spiro atoms. The summed E-state index contributed by atoms with van der Waals surface area (Å²) in [7, 11) is 1.73. The topological polar surface area (TPSA) is 9.23 Å². The molecule has 15 heavy (non-hydrogen) atoms. The number of ether oxygens (including phenoxy) is 1. The van der Waals surface area contributed by atoms with Crippen molar-refractivity contribution in [3.63, 3.8) is 0 Å². The molecule has 0 fully saturated rings. The Hall–Kier alpha value is -1.08. The molecule has 0 aliphatic rings. The van der Waals surface area contributed by atoms with Gasteiger partial charge in [-0.15, -0.1) is 0 Å². The molecule has 0 saturated heterocycles. The Balaban J connectivity index is 2.96. The Kier molecular flexibility index (Phi) is 3.70. The second kappa shape index (κ2) is 4.63. The second-order valence-electron chi connectivity index (χ2n) is 4.80. The molecule has 1 heteroatoms. The molecule has 1 aromatic carbocycles. The summed E-state index contributed by atoms with van der Waals surface area (Å²) < 4.78 is 5.53. The molecule has 0 radical (unpaired) electrons. The number of hydrogen-bond acceptors (Lipinski definition) is 1.